The summed E-state index contributed by atoms with van der Waals surface area (Å²) in [6, 6.07) is 1.74. The van der Waals surface area contributed by atoms with Crippen LogP contribution in [0.3, 0.4) is 0 Å². The molecule has 1 atom stereocenters. The zero-order valence-corrected chi connectivity index (χ0v) is 11.5. The second-order valence-electron chi connectivity index (χ2n) is 5.40. The number of rotatable bonds is 3. The SMILES string of the molecule is CCCC[C@@H]1C(=O)OCc2c1cc1n(c2=O)CCC1=O. The second-order valence-corrected chi connectivity index (χ2v) is 5.40. The van der Waals surface area contributed by atoms with Gasteiger partial charge in [-0.15, -0.1) is 0 Å². The van der Waals surface area contributed by atoms with Gasteiger partial charge in [0.15, 0.2) is 5.78 Å². The number of esters is 1. The maximum atomic E-state index is 12.4. The molecule has 2 aliphatic rings. The maximum absolute atomic E-state index is 12.4. The maximum Gasteiger partial charge on any atom is 0.313 e. The molecule has 0 amide bonds. The molecule has 0 aromatic carbocycles. The van der Waals surface area contributed by atoms with E-state index in [0.29, 0.717) is 36.2 Å². The number of unbranched alkanes of at least 4 members (excludes halogenated alkanes) is 1. The minimum atomic E-state index is -0.397. The van der Waals surface area contributed by atoms with Crippen LogP contribution in [0.25, 0.3) is 0 Å². The predicted octanol–water partition coefficient (Wildman–Crippen LogP) is 1.77. The van der Waals surface area contributed by atoms with E-state index < -0.39 is 5.92 Å². The molecule has 106 valence electrons. The predicted molar refractivity (Wildman–Crippen MR) is 71.7 cm³/mol. The van der Waals surface area contributed by atoms with Gasteiger partial charge in [0, 0.05) is 13.0 Å². The van der Waals surface area contributed by atoms with Crippen LogP contribution in [0.4, 0.5) is 0 Å². The van der Waals surface area contributed by atoms with Crippen LogP contribution in [0.5, 0.6) is 0 Å². The number of nitrogens with zero attached hydrogens (tertiary/aromatic N) is 1. The molecule has 20 heavy (non-hydrogen) atoms. The van der Waals surface area contributed by atoms with Gasteiger partial charge < -0.3 is 9.30 Å². The van der Waals surface area contributed by atoms with Gasteiger partial charge in [-0.2, -0.15) is 0 Å². The Balaban J connectivity index is 2.12. The molecule has 5 heteroatoms. The highest BCUT2D eigenvalue weighted by Crippen LogP contribution is 2.31. The van der Waals surface area contributed by atoms with Crippen molar-refractivity contribution in [1.82, 2.24) is 4.57 Å². The highest BCUT2D eigenvalue weighted by molar-refractivity contribution is 5.96. The van der Waals surface area contributed by atoms with Gasteiger partial charge in [-0.3, -0.25) is 14.4 Å². The number of ether oxygens (including phenoxy) is 1. The first-order chi connectivity index (χ1) is 9.63. The fourth-order valence-corrected chi connectivity index (χ4v) is 3.01. The van der Waals surface area contributed by atoms with Crippen LogP contribution in [0.15, 0.2) is 10.9 Å². The standard InChI is InChI=1S/C15H17NO4/c1-2-3-4-9-10-7-12-13(17)5-6-16(12)14(18)11(10)8-20-15(9)19/h7,9H,2-6,8H2,1H3/t9-/m0/s1. The molecule has 0 bridgehead atoms. The molecule has 5 nitrogen and oxygen atoms in total. The second kappa shape index (κ2) is 4.89. The third-order valence-electron chi connectivity index (χ3n) is 4.15. The van der Waals surface area contributed by atoms with Gasteiger partial charge in [-0.25, -0.2) is 0 Å². The normalized spacial score (nSPS) is 20.6. The first-order valence-corrected chi connectivity index (χ1v) is 7.10. The molecule has 0 saturated heterocycles. The highest BCUT2D eigenvalue weighted by atomic mass is 16.5. The lowest BCUT2D eigenvalue weighted by atomic mass is 9.88. The molecular formula is C15H17NO4. The van der Waals surface area contributed by atoms with Crippen LogP contribution in [-0.4, -0.2) is 16.3 Å². The number of hydrogen-bond acceptors (Lipinski definition) is 4. The Hall–Kier alpha value is -1.91. The minimum absolute atomic E-state index is 0.0157. The number of Topliss-reactive ketones (excluding diaryl/α,β-unsaturated/α-hetero) is 1. The summed E-state index contributed by atoms with van der Waals surface area (Å²) in [5.74, 6) is -0.690. The minimum Gasteiger partial charge on any atom is -0.460 e. The van der Waals surface area contributed by atoms with Crippen LogP contribution < -0.4 is 5.56 Å². The summed E-state index contributed by atoms with van der Waals surface area (Å²) in [4.78, 5) is 36.2. The van der Waals surface area contributed by atoms with Crippen molar-refractivity contribution in [2.24, 2.45) is 0 Å². The van der Waals surface area contributed by atoms with Crippen LogP contribution in [0, 0.1) is 0 Å². The van der Waals surface area contributed by atoms with Crippen molar-refractivity contribution >= 4 is 11.8 Å². The number of pyridine rings is 1. The van der Waals surface area contributed by atoms with Gasteiger partial charge in [0.05, 0.1) is 17.2 Å². The number of cyclic esters (lactones) is 1. The van der Waals surface area contributed by atoms with E-state index in [-0.39, 0.29) is 23.9 Å². The summed E-state index contributed by atoms with van der Waals surface area (Å²) in [6.45, 7) is 2.52. The van der Waals surface area contributed by atoms with Gasteiger partial charge in [-0.1, -0.05) is 19.8 Å². The van der Waals surface area contributed by atoms with Crippen LogP contribution in [0.1, 0.15) is 60.1 Å². The van der Waals surface area contributed by atoms with Gasteiger partial charge in [0.1, 0.15) is 6.61 Å². The molecule has 0 saturated carbocycles. The molecule has 0 aliphatic carbocycles. The van der Waals surface area contributed by atoms with E-state index >= 15 is 0 Å². The lowest BCUT2D eigenvalue weighted by Gasteiger charge is -2.25. The average molecular weight is 275 g/mol. The van der Waals surface area contributed by atoms with Crippen molar-refractivity contribution in [3.63, 3.8) is 0 Å². The molecule has 3 rings (SSSR count). The fraction of sp³-hybridized carbons (Fsp3) is 0.533. The Morgan fingerprint density at radius 2 is 2.15 bits per heavy atom. The van der Waals surface area contributed by atoms with E-state index in [9.17, 15) is 14.4 Å². The topological polar surface area (TPSA) is 65.4 Å². The smallest absolute Gasteiger partial charge is 0.313 e. The first kappa shape index (κ1) is 13.1. The third kappa shape index (κ3) is 1.88. The zero-order valence-electron chi connectivity index (χ0n) is 11.5. The highest BCUT2D eigenvalue weighted by Gasteiger charge is 2.34. The van der Waals surface area contributed by atoms with E-state index in [1.54, 1.807) is 6.07 Å². The van der Waals surface area contributed by atoms with E-state index in [1.165, 1.54) is 4.57 Å². The number of fused-ring (bicyclic) bond motifs is 2. The Morgan fingerprint density at radius 1 is 1.35 bits per heavy atom. The molecule has 0 unspecified atom stereocenters. The van der Waals surface area contributed by atoms with Crippen molar-refractivity contribution < 1.29 is 14.3 Å². The number of hydrogen-bond donors (Lipinski definition) is 0. The molecular weight excluding hydrogens is 258 g/mol. The van der Waals surface area contributed by atoms with Crippen molar-refractivity contribution in [2.45, 2.75) is 51.7 Å². The van der Waals surface area contributed by atoms with Crippen molar-refractivity contribution in [1.29, 1.82) is 0 Å². The van der Waals surface area contributed by atoms with Gasteiger partial charge in [0.2, 0.25) is 0 Å². The van der Waals surface area contributed by atoms with E-state index in [0.717, 1.165) is 12.8 Å². The van der Waals surface area contributed by atoms with Crippen molar-refractivity contribution in [2.75, 3.05) is 0 Å². The molecule has 2 aliphatic heterocycles. The lowest BCUT2D eigenvalue weighted by molar-refractivity contribution is -0.148. The molecule has 0 fully saturated rings. The summed E-state index contributed by atoms with van der Waals surface area (Å²) in [7, 11) is 0. The Labute approximate surface area is 116 Å². The largest absolute Gasteiger partial charge is 0.460 e. The van der Waals surface area contributed by atoms with Crippen molar-refractivity contribution in [3.8, 4) is 0 Å². The quantitative estimate of drug-likeness (QED) is 0.788. The summed E-state index contributed by atoms with van der Waals surface area (Å²) in [6.07, 6.45) is 2.90. The Morgan fingerprint density at radius 3 is 2.90 bits per heavy atom. The van der Waals surface area contributed by atoms with E-state index in [4.69, 9.17) is 4.74 Å². The molecule has 0 N–H and O–H groups in total. The van der Waals surface area contributed by atoms with Gasteiger partial charge in [-0.05, 0) is 18.1 Å². The number of ketones is 1. The Bertz CT molecular complexity index is 644. The van der Waals surface area contributed by atoms with Crippen LogP contribution >= 0.6 is 0 Å². The van der Waals surface area contributed by atoms with Crippen LogP contribution in [-0.2, 0) is 22.7 Å². The number of carbonyl (C=O) groups is 2. The third-order valence-corrected chi connectivity index (χ3v) is 4.15. The average Bonchev–Trinajstić information content (AvgIpc) is 2.80. The molecule has 1 aromatic heterocycles. The van der Waals surface area contributed by atoms with Crippen molar-refractivity contribution in [3.05, 3.63) is 33.2 Å². The summed E-state index contributed by atoms with van der Waals surface area (Å²) < 4.78 is 6.66. The zero-order chi connectivity index (χ0) is 14.3. The fourth-order valence-electron chi connectivity index (χ4n) is 3.01. The van der Waals surface area contributed by atoms with Crippen LogP contribution in [0.2, 0.25) is 0 Å². The van der Waals surface area contributed by atoms with Gasteiger partial charge in [0.25, 0.3) is 5.56 Å². The molecule has 1 aromatic rings. The molecule has 0 spiro atoms. The lowest BCUT2D eigenvalue weighted by Crippen LogP contribution is -2.33. The van der Waals surface area contributed by atoms with Gasteiger partial charge >= 0.3 is 5.97 Å². The summed E-state index contributed by atoms with van der Waals surface area (Å²) in [5, 5.41) is 0. The summed E-state index contributed by atoms with van der Waals surface area (Å²) >= 11 is 0. The first-order valence-electron chi connectivity index (χ1n) is 7.10. The van der Waals surface area contributed by atoms with E-state index in [1.807, 2.05) is 0 Å². The Kier molecular flexibility index (Phi) is 3.20. The number of aromatic nitrogens is 1. The number of carbonyl (C=O) groups excluding carboxylic acids is 2. The monoisotopic (exact) mass is 275 g/mol. The molecule has 3 heterocycles. The molecule has 0 radical (unpaired) electrons. The summed E-state index contributed by atoms with van der Waals surface area (Å²) in [5.41, 5.74) is 1.53. The van der Waals surface area contributed by atoms with E-state index in [2.05, 4.69) is 6.92 Å².